The zero-order valence-electron chi connectivity index (χ0n) is 12.2. The molecule has 1 N–H and O–H groups in total. The van der Waals surface area contributed by atoms with Crippen molar-refractivity contribution in [2.75, 3.05) is 19.0 Å². The predicted molar refractivity (Wildman–Crippen MR) is 95.5 cm³/mol. The second-order valence-electron chi connectivity index (χ2n) is 5.12. The van der Waals surface area contributed by atoms with Crippen LogP contribution in [0, 0.1) is 0 Å². The van der Waals surface area contributed by atoms with Gasteiger partial charge >= 0.3 is 0 Å². The molecule has 0 amide bonds. The number of halogens is 1. The maximum Gasteiger partial charge on any atom is 0.119 e. The van der Waals surface area contributed by atoms with Crippen molar-refractivity contribution in [1.29, 1.82) is 0 Å². The maximum absolute atomic E-state index is 5.88. The second-order valence-corrected chi connectivity index (χ2v) is 6.66. The van der Waals surface area contributed by atoms with Crippen molar-refractivity contribution in [1.82, 2.24) is 5.32 Å². The number of nitrogens with one attached hydrogen (secondary N) is 1. The minimum absolute atomic E-state index is 0.668. The van der Waals surface area contributed by atoms with Gasteiger partial charge in [0, 0.05) is 28.8 Å². The van der Waals surface area contributed by atoms with Crippen LogP contribution in [-0.2, 0) is 6.42 Å². The molecule has 0 saturated carbocycles. The average Bonchev–Trinajstić information content (AvgIpc) is 3.04. The fourth-order valence-corrected chi connectivity index (χ4v) is 3.18. The van der Waals surface area contributed by atoms with Gasteiger partial charge in [-0.1, -0.05) is 35.9 Å². The van der Waals surface area contributed by atoms with E-state index in [1.54, 1.807) is 0 Å². The highest BCUT2D eigenvalue weighted by atomic mass is 35.5. The van der Waals surface area contributed by atoms with Crippen LogP contribution in [0.25, 0.3) is 6.08 Å². The third-order valence-corrected chi connectivity index (χ3v) is 4.67. The summed E-state index contributed by atoms with van der Waals surface area (Å²) in [5, 5.41) is 4.08. The Hall–Kier alpha value is -1.42. The molecule has 0 aliphatic carbocycles. The molecule has 114 valence electrons. The highest BCUT2D eigenvalue weighted by Crippen LogP contribution is 2.23. The summed E-state index contributed by atoms with van der Waals surface area (Å²) in [6.07, 6.45) is 3.10. The molecule has 1 saturated heterocycles. The molecule has 0 atom stereocenters. The summed E-state index contributed by atoms with van der Waals surface area (Å²) >= 11 is 7.74. The summed E-state index contributed by atoms with van der Waals surface area (Å²) in [6.45, 7) is 1.64. The average molecular weight is 332 g/mol. The number of hydrogen-bond acceptors (Lipinski definition) is 3. The Labute approximate surface area is 140 Å². The van der Waals surface area contributed by atoms with E-state index in [0.717, 1.165) is 29.6 Å². The summed E-state index contributed by atoms with van der Waals surface area (Å²) in [5.74, 6) is 1.92. The molecule has 2 nitrogen and oxygen atoms in total. The van der Waals surface area contributed by atoms with Crippen LogP contribution in [0.1, 0.15) is 11.1 Å². The van der Waals surface area contributed by atoms with E-state index in [1.165, 1.54) is 16.0 Å². The molecule has 1 heterocycles. The van der Waals surface area contributed by atoms with Gasteiger partial charge in [0.15, 0.2) is 0 Å². The molecular weight excluding hydrogens is 314 g/mol. The quantitative estimate of drug-likeness (QED) is 0.865. The Bertz CT molecular complexity index is 629. The third kappa shape index (κ3) is 4.54. The fourth-order valence-electron chi connectivity index (χ4n) is 2.25. The molecule has 1 fully saturated rings. The van der Waals surface area contributed by atoms with Gasteiger partial charge in [0.05, 0.1) is 6.61 Å². The van der Waals surface area contributed by atoms with Gasteiger partial charge in [-0.25, -0.2) is 0 Å². The van der Waals surface area contributed by atoms with E-state index in [-0.39, 0.29) is 0 Å². The lowest BCUT2D eigenvalue weighted by Gasteiger charge is -2.07. The second kappa shape index (κ2) is 7.73. The van der Waals surface area contributed by atoms with Crippen molar-refractivity contribution in [3.63, 3.8) is 0 Å². The molecule has 0 spiro atoms. The SMILES string of the molecule is Clc1ccc(CCOc2ccc(C=C3CNCS3)cc2)cc1. The number of benzene rings is 2. The van der Waals surface area contributed by atoms with E-state index in [9.17, 15) is 0 Å². The predicted octanol–water partition coefficient (Wildman–Crippen LogP) is 4.60. The fraction of sp³-hybridized carbons (Fsp3) is 0.222. The van der Waals surface area contributed by atoms with Crippen LogP contribution in [0.4, 0.5) is 0 Å². The van der Waals surface area contributed by atoms with E-state index in [2.05, 4.69) is 23.5 Å². The van der Waals surface area contributed by atoms with Crippen molar-refractivity contribution in [3.05, 3.63) is 69.6 Å². The van der Waals surface area contributed by atoms with Gasteiger partial charge < -0.3 is 10.1 Å². The van der Waals surface area contributed by atoms with E-state index in [0.29, 0.717) is 6.61 Å². The van der Waals surface area contributed by atoms with Gasteiger partial charge in [-0.05, 0) is 41.5 Å². The van der Waals surface area contributed by atoms with E-state index >= 15 is 0 Å². The van der Waals surface area contributed by atoms with Gasteiger partial charge in [-0.3, -0.25) is 0 Å². The van der Waals surface area contributed by atoms with Gasteiger partial charge in [0.2, 0.25) is 0 Å². The third-order valence-electron chi connectivity index (χ3n) is 3.44. The number of ether oxygens (including phenoxy) is 1. The van der Waals surface area contributed by atoms with Crippen LogP contribution in [-0.4, -0.2) is 19.0 Å². The monoisotopic (exact) mass is 331 g/mol. The molecule has 22 heavy (non-hydrogen) atoms. The highest BCUT2D eigenvalue weighted by molar-refractivity contribution is 8.03. The first-order valence-electron chi connectivity index (χ1n) is 7.31. The van der Waals surface area contributed by atoms with Crippen molar-refractivity contribution in [2.45, 2.75) is 6.42 Å². The smallest absolute Gasteiger partial charge is 0.119 e. The highest BCUT2D eigenvalue weighted by Gasteiger charge is 2.05. The lowest BCUT2D eigenvalue weighted by Crippen LogP contribution is -2.04. The number of thioether (sulfide) groups is 1. The molecule has 2 aromatic rings. The molecule has 1 aliphatic heterocycles. The Kier molecular flexibility index (Phi) is 5.43. The molecule has 4 heteroatoms. The van der Waals surface area contributed by atoms with Gasteiger partial charge in [0.1, 0.15) is 5.75 Å². The van der Waals surface area contributed by atoms with E-state index < -0.39 is 0 Å². The first-order valence-corrected chi connectivity index (χ1v) is 8.67. The van der Waals surface area contributed by atoms with Crippen LogP contribution in [0.15, 0.2) is 53.4 Å². The normalized spacial score (nSPS) is 16.1. The van der Waals surface area contributed by atoms with Crippen molar-refractivity contribution < 1.29 is 4.74 Å². The molecule has 0 unspecified atom stereocenters. The van der Waals surface area contributed by atoms with Gasteiger partial charge in [-0.2, -0.15) is 0 Å². The molecule has 1 aliphatic rings. The summed E-state index contributed by atoms with van der Waals surface area (Å²) < 4.78 is 5.79. The summed E-state index contributed by atoms with van der Waals surface area (Å²) in [5.41, 5.74) is 2.45. The standard InChI is InChI=1S/C18H18ClNOS/c19-16-5-1-14(2-6-16)9-10-21-17-7-3-15(4-8-17)11-18-12-20-13-22-18/h1-8,11,20H,9-10,12-13H2. The first-order chi connectivity index (χ1) is 10.8. The van der Waals surface area contributed by atoms with Crippen LogP contribution in [0.2, 0.25) is 5.02 Å². The molecule has 0 radical (unpaired) electrons. The summed E-state index contributed by atoms with van der Waals surface area (Å²) in [7, 11) is 0. The Balaban J connectivity index is 1.50. The lowest BCUT2D eigenvalue weighted by atomic mass is 10.2. The van der Waals surface area contributed by atoms with Crippen molar-refractivity contribution >= 4 is 29.4 Å². The molecule has 2 aromatic carbocycles. The van der Waals surface area contributed by atoms with Crippen LogP contribution in [0.5, 0.6) is 5.75 Å². The topological polar surface area (TPSA) is 21.3 Å². The Morgan fingerprint density at radius 1 is 1.09 bits per heavy atom. The van der Waals surface area contributed by atoms with E-state index in [4.69, 9.17) is 16.3 Å². The lowest BCUT2D eigenvalue weighted by molar-refractivity contribution is 0.322. The zero-order valence-corrected chi connectivity index (χ0v) is 13.8. The molecule has 3 rings (SSSR count). The van der Waals surface area contributed by atoms with Gasteiger partial charge in [0.25, 0.3) is 0 Å². The van der Waals surface area contributed by atoms with Gasteiger partial charge in [-0.15, -0.1) is 11.8 Å². The van der Waals surface area contributed by atoms with Crippen molar-refractivity contribution in [2.24, 2.45) is 0 Å². The molecular formula is C18H18ClNOS. The van der Waals surface area contributed by atoms with E-state index in [1.807, 2.05) is 48.2 Å². The Morgan fingerprint density at radius 3 is 2.55 bits per heavy atom. The molecule has 0 bridgehead atoms. The zero-order chi connectivity index (χ0) is 15.2. The first kappa shape index (κ1) is 15.5. The van der Waals surface area contributed by atoms with Crippen molar-refractivity contribution in [3.8, 4) is 5.75 Å². The minimum atomic E-state index is 0.668. The largest absolute Gasteiger partial charge is 0.493 e. The van der Waals surface area contributed by atoms with Crippen LogP contribution >= 0.6 is 23.4 Å². The van der Waals surface area contributed by atoms with Crippen LogP contribution < -0.4 is 10.1 Å². The van der Waals surface area contributed by atoms with Crippen LogP contribution in [0.3, 0.4) is 0 Å². The summed E-state index contributed by atoms with van der Waals surface area (Å²) in [4.78, 5) is 1.39. The maximum atomic E-state index is 5.88. The summed E-state index contributed by atoms with van der Waals surface area (Å²) in [6, 6.07) is 16.2. The molecule has 0 aromatic heterocycles. The Morgan fingerprint density at radius 2 is 1.86 bits per heavy atom. The minimum Gasteiger partial charge on any atom is -0.493 e. The number of hydrogen-bond donors (Lipinski definition) is 1. The number of rotatable bonds is 5.